The van der Waals surface area contributed by atoms with E-state index in [1.54, 1.807) is 43.3 Å². The van der Waals surface area contributed by atoms with Crippen LogP contribution in [0, 0.1) is 0 Å². The Labute approximate surface area is 201 Å². The molecule has 33 heavy (non-hydrogen) atoms. The van der Waals surface area contributed by atoms with Gasteiger partial charge in [0.25, 0.3) is 11.1 Å². The molecule has 2 aromatic carbocycles. The molecule has 0 unspecified atom stereocenters. The molecule has 1 fully saturated rings. The molecule has 174 valence electrons. The average Bonchev–Trinajstić information content (AvgIpc) is 3.06. The smallest absolute Gasteiger partial charge is 0.326 e. The van der Waals surface area contributed by atoms with Crippen molar-refractivity contribution in [1.82, 2.24) is 4.90 Å². The Kier molecular flexibility index (Phi) is 8.41. The number of methoxy groups -OCH3 is 1. The minimum Gasteiger partial charge on any atom is -0.493 e. The van der Waals surface area contributed by atoms with Gasteiger partial charge in [0.1, 0.15) is 13.2 Å². The SMILES string of the molecule is CC[C@@H](C)OC(=O)CN1C(=O)S/C(=C/c2ccc(OCc3ccc(Cl)cc3)c(OC)c2)C1=O. The average molecular weight is 490 g/mol. The van der Waals surface area contributed by atoms with E-state index in [4.69, 9.17) is 25.8 Å². The van der Waals surface area contributed by atoms with E-state index in [0.29, 0.717) is 35.1 Å². The standard InChI is InChI=1S/C24H24ClNO6S/c1-4-15(2)32-22(27)13-26-23(28)21(33-24(26)29)12-17-7-10-19(20(11-17)30-3)31-14-16-5-8-18(25)9-6-16/h5-12,15H,4,13-14H2,1-3H3/b21-12+/t15-/m1/s1. The zero-order valence-corrected chi connectivity index (χ0v) is 20.1. The Balaban J connectivity index is 1.69. The number of ether oxygens (including phenoxy) is 3. The number of hydrogen-bond donors (Lipinski definition) is 0. The van der Waals surface area contributed by atoms with Gasteiger partial charge in [0.2, 0.25) is 0 Å². The van der Waals surface area contributed by atoms with Crippen molar-refractivity contribution in [3.63, 3.8) is 0 Å². The summed E-state index contributed by atoms with van der Waals surface area (Å²) in [7, 11) is 1.52. The summed E-state index contributed by atoms with van der Waals surface area (Å²) < 4.78 is 16.4. The summed E-state index contributed by atoms with van der Waals surface area (Å²) in [4.78, 5) is 38.0. The number of nitrogens with zero attached hydrogens (tertiary/aromatic N) is 1. The Morgan fingerprint density at radius 2 is 1.88 bits per heavy atom. The molecule has 7 nitrogen and oxygen atoms in total. The van der Waals surface area contributed by atoms with Crippen LogP contribution in [-0.4, -0.2) is 41.8 Å². The summed E-state index contributed by atoms with van der Waals surface area (Å²) >= 11 is 6.68. The number of amides is 2. The predicted octanol–water partition coefficient (Wildman–Crippen LogP) is 5.31. The van der Waals surface area contributed by atoms with E-state index >= 15 is 0 Å². The summed E-state index contributed by atoms with van der Waals surface area (Å²) in [5, 5.41) is 0.139. The van der Waals surface area contributed by atoms with Crippen molar-refractivity contribution in [3.05, 3.63) is 63.5 Å². The minimum atomic E-state index is -0.614. The summed E-state index contributed by atoms with van der Waals surface area (Å²) in [6, 6.07) is 12.5. The lowest BCUT2D eigenvalue weighted by atomic mass is 10.1. The van der Waals surface area contributed by atoms with E-state index in [-0.39, 0.29) is 11.0 Å². The first-order chi connectivity index (χ1) is 15.8. The number of imide groups is 1. The zero-order valence-electron chi connectivity index (χ0n) is 18.5. The Hall–Kier alpha value is -2.97. The number of halogens is 1. The van der Waals surface area contributed by atoms with Gasteiger partial charge in [-0.25, -0.2) is 0 Å². The van der Waals surface area contributed by atoms with Gasteiger partial charge in [-0.1, -0.05) is 36.7 Å². The molecule has 0 bridgehead atoms. The molecule has 9 heteroatoms. The largest absolute Gasteiger partial charge is 0.493 e. The van der Waals surface area contributed by atoms with Crippen LogP contribution in [0.15, 0.2) is 47.4 Å². The van der Waals surface area contributed by atoms with Crippen LogP contribution in [0.4, 0.5) is 4.79 Å². The van der Waals surface area contributed by atoms with E-state index in [1.807, 2.05) is 19.1 Å². The van der Waals surface area contributed by atoms with Gasteiger partial charge in [-0.15, -0.1) is 0 Å². The van der Waals surface area contributed by atoms with Gasteiger partial charge in [0, 0.05) is 5.02 Å². The molecule has 2 aromatic rings. The first-order valence-corrected chi connectivity index (χ1v) is 11.5. The number of thioether (sulfide) groups is 1. The van der Waals surface area contributed by atoms with Crippen LogP contribution in [0.3, 0.4) is 0 Å². The monoisotopic (exact) mass is 489 g/mol. The molecule has 0 aliphatic carbocycles. The number of carbonyl (C=O) groups is 3. The highest BCUT2D eigenvalue weighted by Crippen LogP contribution is 2.34. The molecule has 0 saturated carbocycles. The molecule has 1 aliphatic heterocycles. The zero-order chi connectivity index (χ0) is 24.0. The fourth-order valence-electron chi connectivity index (χ4n) is 2.90. The van der Waals surface area contributed by atoms with Crippen LogP contribution in [0.1, 0.15) is 31.4 Å². The molecular weight excluding hydrogens is 466 g/mol. The highest BCUT2D eigenvalue weighted by atomic mass is 35.5. The maximum Gasteiger partial charge on any atom is 0.326 e. The van der Waals surface area contributed by atoms with Crippen molar-refractivity contribution in [2.75, 3.05) is 13.7 Å². The van der Waals surface area contributed by atoms with Crippen molar-refractivity contribution < 1.29 is 28.6 Å². The van der Waals surface area contributed by atoms with Crippen molar-refractivity contribution >= 4 is 46.6 Å². The maximum absolute atomic E-state index is 12.7. The minimum absolute atomic E-state index is 0.216. The highest BCUT2D eigenvalue weighted by Gasteiger charge is 2.36. The first-order valence-electron chi connectivity index (χ1n) is 10.3. The lowest BCUT2D eigenvalue weighted by Crippen LogP contribution is -2.35. The molecule has 1 aliphatic rings. The molecule has 0 aromatic heterocycles. The van der Waals surface area contributed by atoms with Crippen LogP contribution in [0.5, 0.6) is 11.5 Å². The van der Waals surface area contributed by atoms with E-state index in [1.165, 1.54) is 7.11 Å². The van der Waals surface area contributed by atoms with Gasteiger partial charge in [-0.2, -0.15) is 0 Å². The second kappa shape index (κ2) is 11.2. The van der Waals surface area contributed by atoms with Crippen molar-refractivity contribution in [2.24, 2.45) is 0 Å². The molecular formula is C24H24ClNO6S. The molecule has 1 saturated heterocycles. The molecule has 0 radical (unpaired) electrons. The first kappa shape index (κ1) is 24.7. The van der Waals surface area contributed by atoms with Crippen LogP contribution < -0.4 is 9.47 Å². The fourth-order valence-corrected chi connectivity index (χ4v) is 3.86. The number of rotatable bonds is 9. The second-order valence-electron chi connectivity index (χ2n) is 7.30. The van der Waals surface area contributed by atoms with E-state index in [0.717, 1.165) is 22.2 Å². The molecule has 0 N–H and O–H groups in total. The fraction of sp³-hybridized carbons (Fsp3) is 0.292. The molecule has 1 atom stereocenters. The van der Waals surface area contributed by atoms with E-state index < -0.39 is 23.7 Å². The quantitative estimate of drug-likeness (QED) is 0.349. The van der Waals surface area contributed by atoms with Crippen LogP contribution in [0.2, 0.25) is 5.02 Å². The molecule has 3 rings (SSSR count). The third kappa shape index (κ3) is 6.52. The normalized spacial score (nSPS) is 15.6. The third-order valence-electron chi connectivity index (χ3n) is 4.86. The summed E-state index contributed by atoms with van der Waals surface area (Å²) in [6.07, 6.45) is 1.95. The number of carbonyl (C=O) groups excluding carboxylic acids is 3. The Morgan fingerprint density at radius 1 is 1.15 bits per heavy atom. The number of esters is 1. The van der Waals surface area contributed by atoms with Crippen molar-refractivity contribution in [1.29, 1.82) is 0 Å². The van der Waals surface area contributed by atoms with Gasteiger partial charge < -0.3 is 14.2 Å². The number of hydrogen-bond acceptors (Lipinski definition) is 7. The predicted molar refractivity (Wildman–Crippen MR) is 127 cm³/mol. The Morgan fingerprint density at radius 3 is 2.55 bits per heavy atom. The second-order valence-corrected chi connectivity index (χ2v) is 8.73. The summed E-state index contributed by atoms with van der Waals surface area (Å²) in [6.45, 7) is 3.55. The summed E-state index contributed by atoms with van der Waals surface area (Å²) in [5.41, 5.74) is 1.60. The third-order valence-corrected chi connectivity index (χ3v) is 6.02. The van der Waals surface area contributed by atoms with Crippen molar-refractivity contribution in [3.8, 4) is 11.5 Å². The van der Waals surface area contributed by atoms with Gasteiger partial charge in [0.05, 0.1) is 18.1 Å². The topological polar surface area (TPSA) is 82.1 Å². The van der Waals surface area contributed by atoms with Gasteiger partial charge in [0.15, 0.2) is 11.5 Å². The molecule has 0 spiro atoms. The molecule has 2 amide bonds. The van der Waals surface area contributed by atoms with Crippen LogP contribution in [-0.2, 0) is 20.9 Å². The van der Waals surface area contributed by atoms with Gasteiger partial charge in [-0.05, 0) is 66.6 Å². The van der Waals surface area contributed by atoms with Crippen molar-refractivity contribution in [2.45, 2.75) is 33.0 Å². The maximum atomic E-state index is 12.7. The van der Waals surface area contributed by atoms with E-state index in [2.05, 4.69) is 0 Å². The van der Waals surface area contributed by atoms with E-state index in [9.17, 15) is 14.4 Å². The highest BCUT2D eigenvalue weighted by molar-refractivity contribution is 8.18. The summed E-state index contributed by atoms with van der Waals surface area (Å²) in [5.74, 6) is -0.135. The lowest BCUT2D eigenvalue weighted by molar-refractivity contribution is -0.150. The van der Waals surface area contributed by atoms with Crippen LogP contribution >= 0.6 is 23.4 Å². The lowest BCUT2D eigenvalue weighted by Gasteiger charge is -2.14. The Bertz CT molecular complexity index is 1070. The molecule has 1 heterocycles. The van der Waals surface area contributed by atoms with Gasteiger partial charge >= 0.3 is 5.97 Å². The van der Waals surface area contributed by atoms with Gasteiger partial charge in [-0.3, -0.25) is 19.3 Å². The van der Waals surface area contributed by atoms with Crippen LogP contribution in [0.25, 0.3) is 6.08 Å². The number of benzene rings is 2.